The quantitative estimate of drug-likeness (QED) is 0.930. The van der Waals surface area contributed by atoms with Crippen molar-refractivity contribution in [3.8, 4) is 0 Å². The Hall–Kier alpha value is -1.47. The summed E-state index contributed by atoms with van der Waals surface area (Å²) in [6, 6.07) is 2.71. The summed E-state index contributed by atoms with van der Waals surface area (Å²) < 4.78 is 40.5. The Morgan fingerprint density at radius 2 is 2.05 bits per heavy atom. The summed E-state index contributed by atoms with van der Waals surface area (Å²) in [5.74, 6) is -2.31. The maximum absolute atomic E-state index is 14.0. The molecular weight excluding hydrogens is 297 g/mol. The van der Waals surface area contributed by atoms with Crippen LogP contribution in [0.5, 0.6) is 0 Å². The fourth-order valence-electron chi connectivity index (χ4n) is 2.58. The molecule has 1 fully saturated rings. The Kier molecular flexibility index (Phi) is 4.63. The minimum atomic E-state index is -3.94. The Morgan fingerprint density at radius 1 is 1.33 bits per heavy atom. The molecule has 7 heteroatoms. The number of carboxylic acids is 1. The lowest BCUT2D eigenvalue weighted by molar-refractivity contribution is 0.0696. The molecule has 1 saturated heterocycles. The maximum atomic E-state index is 14.0. The predicted octanol–water partition coefficient (Wildman–Crippen LogP) is 2.48. The molecular formula is C14H18FNO4S. The number of hydrogen-bond acceptors (Lipinski definition) is 3. The van der Waals surface area contributed by atoms with E-state index in [0.29, 0.717) is 6.54 Å². The molecule has 2 rings (SSSR count). The minimum absolute atomic E-state index is 0.184. The molecule has 0 aliphatic carbocycles. The fourth-order valence-corrected chi connectivity index (χ4v) is 4.32. The van der Waals surface area contributed by atoms with Crippen LogP contribution in [0.2, 0.25) is 0 Å². The van der Waals surface area contributed by atoms with E-state index in [0.717, 1.165) is 43.9 Å². The average molecular weight is 315 g/mol. The van der Waals surface area contributed by atoms with Gasteiger partial charge in [0.2, 0.25) is 10.0 Å². The van der Waals surface area contributed by atoms with Crippen LogP contribution in [0.1, 0.15) is 43.0 Å². The highest BCUT2D eigenvalue weighted by molar-refractivity contribution is 7.89. The Labute approximate surface area is 123 Å². The van der Waals surface area contributed by atoms with Gasteiger partial charge in [-0.2, -0.15) is 4.31 Å². The zero-order chi connectivity index (χ0) is 15.6. The van der Waals surface area contributed by atoms with Crippen molar-refractivity contribution in [3.63, 3.8) is 0 Å². The number of halogens is 1. The first-order valence-electron chi connectivity index (χ1n) is 6.88. The van der Waals surface area contributed by atoms with Gasteiger partial charge >= 0.3 is 5.97 Å². The summed E-state index contributed by atoms with van der Waals surface area (Å²) in [5.41, 5.74) is -0.268. The highest BCUT2D eigenvalue weighted by Gasteiger charge is 2.32. The van der Waals surface area contributed by atoms with Gasteiger partial charge in [0.25, 0.3) is 0 Å². The van der Waals surface area contributed by atoms with Gasteiger partial charge in [0.05, 0.1) is 5.56 Å². The molecule has 1 aromatic carbocycles. The molecule has 0 amide bonds. The number of hydrogen-bond donors (Lipinski definition) is 1. The molecule has 5 nitrogen and oxygen atoms in total. The summed E-state index contributed by atoms with van der Waals surface area (Å²) in [6.07, 6.45) is 3.40. The summed E-state index contributed by atoms with van der Waals surface area (Å²) >= 11 is 0. The Balaban J connectivity index is 2.41. The SMILES string of the molecule is CC1CCCCCN1S(=O)(=O)c1ccc(C(=O)O)cc1F. The van der Waals surface area contributed by atoms with Crippen molar-refractivity contribution in [2.24, 2.45) is 0 Å². The first-order valence-corrected chi connectivity index (χ1v) is 8.32. The molecule has 0 radical (unpaired) electrons. The lowest BCUT2D eigenvalue weighted by Gasteiger charge is -2.26. The summed E-state index contributed by atoms with van der Waals surface area (Å²) in [4.78, 5) is 10.3. The van der Waals surface area contributed by atoms with Crippen molar-refractivity contribution in [1.82, 2.24) is 4.31 Å². The minimum Gasteiger partial charge on any atom is -0.478 e. The molecule has 21 heavy (non-hydrogen) atoms. The molecule has 1 heterocycles. The van der Waals surface area contributed by atoms with E-state index < -0.39 is 26.7 Å². The van der Waals surface area contributed by atoms with Crippen LogP contribution in [-0.2, 0) is 10.0 Å². The van der Waals surface area contributed by atoms with E-state index in [1.54, 1.807) is 0 Å². The normalized spacial score (nSPS) is 21.0. The summed E-state index contributed by atoms with van der Waals surface area (Å²) in [6.45, 7) is 2.18. The van der Waals surface area contributed by atoms with Crippen molar-refractivity contribution in [2.45, 2.75) is 43.5 Å². The molecule has 116 valence electrons. The molecule has 1 atom stereocenters. The van der Waals surface area contributed by atoms with Gasteiger partial charge < -0.3 is 5.11 Å². The first kappa shape index (κ1) is 15.9. The second-order valence-corrected chi connectivity index (χ2v) is 7.12. The third-order valence-corrected chi connectivity index (χ3v) is 5.80. The molecule has 0 aromatic heterocycles. The van der Waals surface area contributed by atoms with Gasteiger partial charge in [-0.15, -0.1) is 0 Å². The van der Waals surface area contributed by atoms with Gasteiger partial charge in [-0.05, 0) is 38.0 Å². The van der Waals surface area contributed by atoms with Crippen LogP contribution in [0.15, 0.2) is 23.1 Å². The van der Waals surface area contributed by atoms with Gasteiger partial charge in [-0.3, -0.25) is 0 Å². The van der Waals surface area contributed by atoms with Crippen molar-refractivity contribution in [2.75, 3.05) is 6.54 Å². The molecule has 1 aromatic rings. The number of sulfonamides is 1. The molecule has 1 unspecified atom stereocenters. The zero-order valence-electron chi connectivity index (χ0n) is 11.8. The molecule has 1 N–H and O–H groups in total. The van der Waals surface area contributed by atoms with Crippen LogP contribution in [0.3, 0.4) is 0 Å². The number of carboxylic acid groups (broad SMARTS) is 1. The van der Waals surface area contributed by atoms with E-state index in [9.17, 15) is 17.6 Å². The monoisotopic (exact) mass is 315 g/mol. The zero-order valence-corrected chi connectivity index (χ0v) is 12.6. The van der Waals surface area contributed by atoms with Crippen LogP contribution < -0.4 is 0 Å². The molecule has 1 aliphatic heterocycles. The number of aromatic carboxylic acids is 1. The number of benzene rings is 1. The van der Waals surface area contributed by atoms with E-state index in [1.165, 1.54) is 4.31 Å². The van der Waals surface area contributed by atoms with Crippen molar-refractivity contribution >= 4 is 16.0 Å². The van der Waals surface area contributed by atoms with Gasteiger partial charge in [0.1, 0.15) is 10.7 Å². The van der Waals surface area contributed by atoms with Crippen LogP contribution in [0, 0.1) is 5.82 Å². The third kappa shape index (κ3) is 3.24. The van der Waals surface area contributed by atoms with Crippen molar-refractivity contribution < 1.29 is 22.7 Å². The fraction of sp³-hybridized carbons (Fsp3) is 0.500. The van der Waals surface area contributed by atoms with Crippen LogP contribution in [0.4, 0.5) is 4.39 Å². The second kappa shape index (κ2) is 6.11. The van der Waals surface area contributed by atoms with Crippen LogP contribution in [0.25, 0.3) is 0 Å². The Bertz CT molecular complexity index is 644. The standard InChI is InChI=1S/C14H18FNO4S/c1-10-5-3-2-4-8-16(10)21(19,20)13-7-6-11(14(17)18)9-12(13)15/h6-7,9-10H,2-5,8H2,1H3,(H,17,18). The van der Waals surface area contributed by atoms with Crippen LogP contribution >= 0.6 is 0 Å². The largest absolute Gasteiger partial charge is 0.478 e. The first-order chi connectivity index (χ1) is 9.84. The van der Waals surface area contributed by atoms with E-state index in [-0.39, 0.29) is 11.6 Å². The topological polar surface area (TPSA) is 74.7 Å². The molecule has 0 saturated carbocycles. The molecule has 0 spiro atoms. The average Bonchev–Trinajstić information content (AvgIpc) is 2.63. The van der Waals surface area contributed by atoms with E-state index in [4.69, 9.17) is 5.11 Å². The third-order valence-electron chi connectivity index (χ3n) is 3.76. The van der Waals surface area contributed by atoms with Gasteiger partial charge in [-0.25, -0.2) is 17.6 Å². The number of carbonyl (C=O) groups is 1. The predicted molar refractivity (Wildman–Crippen MR) is 75.2 cm³/mol. The van der Waals surface area contributed by atoms with Crippen LogP contribution in [-0.4, -0.2) is 36.4 Å². The number of nitrogens with zero attached hydrogens (tertiary/aromatic N) is 1. The summed E-state index contributed by atoms with van der Waals surface area (Å²) in [5, 5.41) is 8.80. The smallest absolute Gasteiger partial charge is 0.335 e. The second-order valence-electron chi connectivity index (χ2n) is 5.26. The lowest BCUT2D eigenvalue weighted by Crippen LogP contribution is -2.38. The molecule has 1 aliphatic rings. The number of rotatable bonds is 3. The highest BCUT2D eigenvalue weighted by atomic mass is 32.2. The summed E-state index contributed by atoms with van der Waals surface area (Å²) in [7, 11) is -3.94. The Morgan fingerprint density at radius 3 is 2.67 bits per heavy atom. The maximum Gasteiger partial charge on any atom is 0.335 e. The lowest BCUT2D eigenvalue weighted by atomic mass is 10.1. The highest BCUT2D eigenvalue weighted by Crippen LogP contribution is 2.26. The van der Waals surface area contributed by atoms with E-state index in [2.05, 4.69) is 0 Å². The van der Waals surface area contributed by atoms with Gasteiger partial charge in [-0.1, -0.05) is 12.8 Å². The van der Waals surface area contributed by atoms with Gasteiger partial charge in [0, 0.05) is 12.6 Å². The van der Waals surface area contributed by atoms with Gasteiger partial charge in [0.15, 0.2) is 0 Å². The van der Waals surface area contributed by atoms with Crippen molar-refractivity contribution in [1.29, 1.82) is 0 Å². The van der Waals surface area contributed by atoms with E-state index in [1.807, 2.05) is 6.92 Å². The van der Waals surface area contributed by atoms with Crippen molar-refractivity contribution in [3.05, 3.63) is 29.6 Å². The van der Waals surface area contributed by atoms with E-state index >= 15 is 0 Å². The molecule has 0 bridgehead atoms.